The molecule has 1 atom stereocenters. The molecule has 25 heavy (non-hydrogen) atoms. The minimum Gasteiger partial charge on any atom is -0.298 e. The molecule has 2 aromatic rings. The molecule has 0 radical (unpaired) electrons. The van der Waals surface area contributed by atoms with Gasteiger partial charge in [-0.2, -0.15) is 0 Å². The highest BCUT2D eigenvalue weighted by Crippen LogP contribution is 2.38. The van der Waals surface area contributed by atoms with Crippen LogP contribution in [0.25, 0.3) is 5.70 Å². The van der Waals surface area contributed by atoms with Gasteiger partial charge in [-0.3, -0.25) is 15.1 Å². The minimum absolute atomic E-state index is 0.227. The number of hydrogen-bond donors (Lipinski definition) is 1. The molecule has 2 aromatic carbocycles. The van der Waals surface area contributed by atoms with Crippen LogP contribution in [0.2, 0.25) is 10.0 Å². The van der Waals surface area contributed by atoms with Gasteiger partial charge < -0.3 is 0 Å². The number of amidine groups is 1. The number of halogens is 2. The van der Waals surface area contributed by atoms with Crippen LogP contribution in [0.4, 0.5) is 0 Å². The molecule has 0 bridgehead atoms. The first kappa shape index (κ1) is 16.4. The number of amides is 1. The number of para-hydroxylation sites is 1. The van der Waals surface area contributed by atoms with Crippen LogP contribution in [-0.2, 0) is 4.79 Å². The van der Waals surface area contributed by atoms with Crippen molar-refractivity contribution in [1.82, 2.24) is 10.3 Å². The first-order valence-corrected chi connectivity index (χ1v) is 9.42. The summed E-state index contributed by atoms with van der Waals surface area (Å²) in [7, 11) is 0. The zero-order valence-electron chi connectivity index (χ0n) is 13.0. The van der Waals surface area contributed by atoms with Crippen LogP contribution in [-0.4, -0.2) is 22.3 Å². The van der Waals surface area contributed by atoms with Crippen molar-refractivity contribution in [3.05, 3.63) is 68.6 Å². The van der Waals surface area contributed by atoms with E-state index in [9.17, 15) is 4.79 Å². The quantitative estimate of drug-likeness (QED) is 0.813. The van der Waals surface area contributed by atoms with Gasteiger partial charge in [0.05, 0.1) is 5.36 Å². The van der Waals surface area contributed by atoms with Gasteiger partial charge in [0.15, 0.2) is 11.3 Å². The summed E-state index contributed by atoms with van der Waals surface area (Å²) in [6.45, 7) is 0. The van der Waals surface area contributed by atoms with E-state index in [-0.39, 0.29) is 5.91 Å². The molecule has 4 rings (SSSR count). The number of nitrogens with one attached hydrogen (secondary N) is 1. The molecular weight excluding hydrogens is 379 g/mol. The van der Waals surface area contributed by atoms with E-state index in [0.717, 1.165) is 5.22 Å². The molecule has 0 saturated carbocycles. The molecule has 8 heteroatoms. The Labute approximate surface area is 158 Å². The SMILES string of the molecule is CSC1=NN2C(=c3ccccc3=NC2c2c(Cl)cccc2Cl)C(=O)N1. The lowest BCUT2D eigenvalue weighted by atomic mass is 10.1. The molecule has 126 valence electrons. The van der Waals surface area contributed by atoms with Gasteiger partial charge in [0, 0.05) is 20.8 Å². The van der Waals surface area contributed by atoms with Crippen LogP contribution in [0, 0.1) is 0 Å². The van der Waals surface area contributed by atoms with Gasteiger partial charge in [-0.15, -0.1) is 5.10 Å². The normalized spacial score (nSPS) is 18.8. The average Bonchev–Trinajstić information content (AvgIpc) is 2.61. The van der Waals surface area contributed by atoms with Crippen molar-refractivity contribution in [1.29, 1.82) is 0 Å². The second-order valence-electron chi connectivity index (χ2n) is 5.41. The third kappa shape index (κ3) is 2.70. The lowest BCUT2D eigenvalue weighted by molar-refractivity contribution is -0.116. The van der Waals surface area contributed by atoms with Crippen molar-refractivity contribution in [2.24, 2.45) is 10.1 Å². The molecule has 1 N–H and O–H groups in total. The lowest BCUT2D eigenvalue weighted by Gasteiger charge is -2.34. The Morgan fingerprint density at radius 2 is 1.84 bits per heavy atom. The van der Waals surface area contributed by atoms with Crippen LogP contribution in [0.1, 0.15) is 11.7 Å². The number of fused-ring (bicyclic) bond motifs is 2. The summed E-state index contributed by atoms with van der Waals surface area (Å²) in [5.41, 5.74) is 1.06. The summed E-state index contributed by atoms with van der Waals surface area (Å²) < 4.78 is 0. The Kier molecular flexibility index (Phi) is 4.19. The molecule has 0 aromatic heterocycles. The van der Waals surface area contributed by atoms with Crippen LogP contribution in [0.3, 0.4) is 0 Å². The molecule has 1 unspecified atom stereocenters. The molecule has 2 aliphatic heterocycles. The van der Waals surface area contributed by atoms with E-state index < -0.39 is 6.17 Å². The number of nitrogens with zero attached hydrogens (tertiary/aromatic N) is 3. The molecular formula is C17H12Cl2N4OS. The highest BCUT2D eigenvalue weighted by atomic mass is 35.5. The van der Waals surface area contributed by atoms with Gasteiger partial charge in [0.1, 0.15) is 5.70 Å². The summed E-state index contributed by atoms with van der Waals surface area (Å²) in [4.78, 5) is 17.5. The van der Waals surface area contributed by atoms with E-state index in [1.807, 2.05) is 30.5 Å². The van der Waals surface area contributed by atoms with Crippen LogP contribution < -0.4 is 15.9 Å². The van der Waals surface area contributed by atoms with Crippen molar-refractivity contribution in [3.63, 3.8) is 0 Å². The average molecular weight is 391 g/mol. The van der Waals surface area contributed by atoms with E-state index in [1.54, 1.807) is 23.2 Å². The van der Waals surface area contributed by atoms with Gasteiger partial charge in [-0.1, -0.05) is 59.2 Å². The number of rotatable bonds is 1. The van der Waals surface area contributed by atoms with Gasteiger partial charge in [0.2, 0.25) is 0 Å². The number of carbonyl (C=O) groups excluding carboxylic acids is 1. The molecule has 2 heterocycles. The molecule has 1 amide bonds. The van der Waals surface area contributed by atoms with Gasteiger partial charge in [-0.25, -0.2) is 5.01 Å². The van der Waals surface area contributed by atoms with E-state index in [4.69, 9.17) is 28.2 Å². The molecule has 0 saturated heterocycles. The van der Waals surface area contributed by atoms with Gasteiger partial charge in [0.25, 0.3) is 5.91 Å². The van der Waals surface area contributed by atoms with Crippen molar-refractivity contribution in [3.8, 4) is 0 Å². The summed E-state index contributed by atoms with van der Waals surface area (Å²) in [6, 6.07) is 12.7. The second kappa shape index (κ2) is 6.37. The maximum Gasteiger partial charge on any atom is 0.276 e. The Hall–Kier alpha value is -2.02. The molecule has 0 fully saturated rings. The van der Waals surface area contributed by atoms with Crippen LogP contribution in [0.15, 0.2) is 52.6 Å². The minimum atomic E-state index is -0.612. The summed E-state index contributed by atoms with van der Waals surface area (Å²) in [5, 5.41) is 11.8. The zero-order valence-corrected chi connectivity index (χ0v) is 15.4. The fraction of sp³-hybridized carbons (Fsp3) is 0.118. The predicted molar refractivity (Wildman–Crippen MR) is 101 cm³/mol. The highest BCUT2D eigenvalue weighted by Gasteiger charge is 2.35. The lowest BCUT2D eigenvalue weighted by Crippen LogP contribution is -2.50. The van der Waals surface area contributed by atoms with Crippen molar-refractivity contribution in [2.45, 2.75) is 6.17 Å². The fourth-order valence-electron chi connectivity index (χ4n) is 2.86. The third-order valence-electron chi connectivity index (χ3n) is 3.97. The Bertz CT molecular complexity index is 1020. The summed E-state index contributed by atoms with van der Waals surface area (Å²) >= 11 is 14.1. The van der Waals surface area contributed by atoms with E-state index >= 15 is 0 Å². The number of carbonyl (C=O) groups is 1. The van der Waals surface area contributed by atoms with E-state index in [2.05, 4.69) is 10.4 Å². The van der Waals surface area contributed by atoms with E-state index in [0.29, 0.717) is 31.8 Å². The topological polar surface area (TPSA) is 57.1 Å². The molecule has 2 aliphatic rings. The Morgan fingerprint density at radius 3 is 2.56 bits per heavy atom. The number of thioether (sulfide) groups is 1. The molecule has 0 spiro atoms. The largest absolute Gasteiger partial charge is 0.298 e. The fourth-order valence-corrected chi connectivity index (χ4v) is 3.82. The van der Waals surface area contributed by atoms with Crippen molar-refractivity contribution < 1.29 is 4.79 Å². The molecule has 5 nitrogen and oxygen atoms in total. The van der Waals surface area contributed by atoms with Crippen molar-refractivity contribution in [2.75, 3.05) is 6.26 Å². The van der Waals surface area contributed by atoms with Crippen LogP contribution in [0.5, 0.6) is 0 Å². The third-order valence-corrected chi connectivity index (χ3v) is 5.20. The number of hydrazone groups is 1. The number of hydrogen-bond acceptors (Lipinski definition) is 5. The number of benzene rings is 2. The maximum absolute atomic E-state index is 12.7. The first-order chi connectivity index (χ1) is 12.1. The zero-order chi connectivity index (χ0) is 17.6. The van der Waals surface area contributed by atoms with Gasteiger partial charge in [-0.05, 0) is 24.5 Å². The Balaban J connectivity index is 2.04. The smallest absolute Gasteiger partial charge is 0.276 e. The summed E-state index contributed by atoms with van der Waals surface area (Å²) in [5.74, 6) is -0.227. The first-order valence-electron chi connectivity index (χ1n) is 7.44. The van der Waals surface area contributed by atoms with Gasteiger partial charge >= 0.3 is 0 Å². The summed E-state index contributed by atoms with van der Waals surface area (Å²) in [6.07, 6.45) is 1.23. The maximum atomic E-state index is 12.7. The Morgan fingerprint density at radius 1 is 1.12 bits per heavy atom. The second-order valence-corrected chi connectivity index (χ2v) is 7.02. The monoisotopic (exact) mass is 390 g/mol. The highest BCUT2D eigenvalue weighted by molar-refractivity contribution is 8.13. The standard InChI is InChI=1S/C17H12Cl2N4OS/c1-25-17-21-16(24)14-9-5-2-3-8-12(9)20-15(23(14)22-17)13-10(18)6-4-7-11(13)19/h2-8,15H,1H3,(H,21,22,24). The van der Waals surface area contributed by atoms with E-state index in [1.165, 1.54) is 11.8 Å². The van der Waals surface area contributed by atoms with Crippen LogP contribution >= 0.6 is 35.0 Å². The molecule has 0 aliphatic carbocycles. The predicted octanol–water partition coefficient (Wildman–Crippen LogP) is 2.50. The van der Waals surface area contributed by atoms with Crippen molar-refractivity contribution >= 4 is 51.7 Å².